The third-order valence-electron chi connectivity index (χ3n) is 4.50. The number of anilines is 1. The molecule has 3 aromatic rings. The molecule has 0 aliphatic carbocycles. The van der Waals surface area contributed by atoms with Gasteiger partial charge in [-0.25, -0.2) is 0 Å². The average molecular weight is 527 g/mol. The van der Waals surface area contributed by atoms with Crippen LogP contribution in [0.25, 0.3) is 6.08 Å². The summed E-state index contributed by atoms with van der Waals surface area (Å²) in [5.41, 5.74) is 1.33. The van der Waals surface area contributed by atoms with Gasteiger partial charge in [0.15, 0.2) is 11.5 Å². The molecular weight excluding hydrogens is 508 g/mol. The summed E-state index contributed by atoms with van der Waals surface area (Å²) in [6, 6.07) is 19.5. The second-order valence-corrected chi connectivity index (χ2v) is 9.32. The summed E-state index contributed by atoms with van der Waals surface area (Å²) >= 11 is 3.31. The molecule has 33 heavy (non-hydrogen) atoms. The van der Waals surface area contributed by atoms with Crippen molar-refractivity contribution in [1.29, 1.82) is 5.26 Å². The molecule has 0 spiro atoms. The molecule has 0 aliphatic rings. The van der Waals surface area contributed by atoms with Gasteiger partial charge in [0.1, 0.15) is 16.5 Å². The zero-order valence-corrected chi connectivity index (χ0v) is 20.1. The SMILES string of the molecule is COc1cccc(/C=C(\C#N)C(=O)Nc2ccc(Br)cc2)c1OS(=O)(=O)c1ccc(C)cc1. The van der Waals surface area contributed by atoms with E-state index in [9.17, 15) is 18.5 Å². The number of methoxy groups -OCH3 is 1. The van der Waals surface area contributed by atoms with Crippen molar-refractivity contribution in [2.45, 2.75) is 11.8 Å². The summed E-state index contributed by atoms with van der Waals surface area (Å²) in [6.07, 6.45) is 1.25. The number of nitrogens with zero attached hydrogens (tertiary/aromatic N) is 1. The number of hydrogen-bond donors (Lipinski definition) is 1. The number of halogens is 1. The van der Waals surface area contributed by atoms with Crippen LogP contribution >= 0.6 is 15.9 Å². The van der Waals surface area contributed by atoms with E-state index >= 15 is 0 Å². The number of carbonyl (C=O) groups excluding carboxylic acids is 1. The minimum Gasteiger partial charge on any atom is -0.493 e. The molecule has 3 rings (SSSR count). The van der Waals surface area contributed by atoms with Gasteiger partial charge in [0.25, 0.3) is 5.91 Å². The molecule has 3 aromatic carbocycles. The number of para-hydroxylation sites is 1. The second-order valence-electron chi connectivity index (χ2n) is 6.86. The van der Waals surface area contributed by atoms with Crippen molar-refractivity contribution < 1.29 is 22.1 Å². The number of hydrogen-bond acceptors (Lipinski definition) is 6. The van der Waals surface area contributed by atoms with Crippen molar-refractivity contribution in [3.8, 4) is 17.6 Å². The van der Waals surface area contributed by atoms with Crippen LogP contribution in [0.2, 0.25) is 0 Å². The highest BCUT2D eigenvalue weighted by Crippen LogP contribution is 2.35. The highest BCUT2D eigenvalue weighted by molar-refractivity contribution is 9.10. The summed E-state index contributed by atoms with van der Waals surface area (Å²) in [4.78, 5) is 12.6. The highest BCUT2D eigenvalue weighted by atomic mass is 79.9. The Kier molecular flexibility index (Phi) is 7.53. The Labute approximate surface area is 200 Å². The smallest absolute Gasteiger partial charge is 0.339 e. The first-order valence-electron chi connectivity index (χ1n) is 9.60. The second kappa shape index (κ2) is 10.3. The summed E-state index contributed by atoms with van der Waals surface area (Å²) < 4.78 is 37.2. The van der Waals surface area contributed by atoms with Crippen molar-refractivity contribution >= 4 is 43.7 Å². The minimum atomic E-state index is -4.20. The standard InChI is InChI=1S/C24H19BrN2O5S/c1-16-6-12-21(13-7-16)33(29,30)32-23-17(4-3-5-22(23)31-2)14-18(15-26)24(28)27-20-10-8-19(25)9-11-20/h3-14H,1-2H3,(H,27,28)/b18-14+. The van der Waals surface area contributed by atoms with Gasteiger partial charge in [-0.1, -0.05) is 45.8 Å². The maximum absolute atomic E-state index is 12.8. The maximum atomic E-state index is 12.8. The molecule has 0 bridgehead atoms. The van der Waals surface area contributed by atoms with Gasteiger partial charge in [0.05, 0.1) is 7.11 Å². The number of ether oxygens (including phenoxy) is 1. The molecule has 0 aliphatic heterocycles. The Balaban J connectivity index is 1.98. The monoisotopic (exact) mass is 526 g/mol. The van der Waals surface area contributed by atoms with Crippen LogP contribution in [0.1, 0.15) is 11.1 Å². The van der Waals surface area contributed by atoms with Gasteiger partial charge in [-0.15, -0.1) is 0 Å². The molecular formula is C24H19BrN2O5S. The lowest BCUT2D eigenvalue weighted by Crippen LogP contribution is -2.14. The normalized spacial score (nSPS) is 11.4. The van der Waals surface area contributed by atoms with Crippen molar-refractivity contribution in [1.82, 2.24) is 0 Å². The first-order chi connectivity index (χ1) is 15.7. The largest absolute Gasteiger partial charge is 0.493 e. The van der Waals surface area contributed by atoms with Crippen molar-refractivity contribution in [2.24, 2.45) is 0 Å². The van der Waals surface area contributed by atoms with Crippen LogP contribution in [0.5, 0.6) is 11.5 Å². The minimum absolute atomic E-state index is 0.0394. The predicted octanol–water partition coefficient (Wildman–Crippen LogP) is 5.08. The molecule has 168 valence electrons. The van der Waals surface area contributed by atoms with Gasteiger partial charge in [0.2, 0.25) is 0 Å². The Morgan fingerprint density at radius 1 is 1.06 bits per heavy atom. The summed E-state index contributed by atoms with van der Waals surface area (Å²) in [5, 5.41) is 12.2. The van der Waals surface area contributed by atoms with E-state index in [0.717, 1.165) is 10.0 Å². The molecule has 0 aromatic heterocycles. The summed E-state index contributed by atoms with van der Waals surface area (Å²) in [6.45, 7) is 1.84. The zero-order valence-electron chi connectivity index (χ0n) is 17.7. The first-order valence-corrected chi connectivity index (χ1v) is 11.8. The van der Waals surface area contributed by atoms with Gasteiger partial charge in [0, 0.05) is 15.7 Å². The quantitative estimate of drug-likeness (QED) is 0.261. The van der Waals surface area contributed by atoms with Gasteiger partial charge >= 0.3 is 10.1 Å². The first kappa shape index (κ1) is 24.0. The topological polar surface area (TPSA) is 105 Å². The third-order valence-corrected chi connectivity index (χ3v) is 6.26. The maximum Gasteiger partial charge on any atom is 0.339 e. The van der Waals surface area contributed by atoms with E-state index in [2.05, 4.69) is 21.2 Å². The fourth-order valence-electron chi connectivity index (χ4n) is 2.79. The van der Waals surface area contributed by atoms with Crippen LogP contribution in [0.15, 0.2) is 81.7 Å². The molecule has 0 heterocycles. The Hall–Kier alpha value is -3.61. The molecule has 9 heteroatoms. The number of benzene rings is 3. The highest BCUT2D eigenvalue weighted by Gasteiger charge is 2.22. The lowest BCUT2D eigenvalue weighted by molar-refractivity contribution is -0.112. The molecule has 0 saturated carbocycles. The molecule has 0 fully saturated rings. The summed E-state index contributed by atoms with van der Waals surface area (Å²) in [5.74, 6) is -0.662. The van der Waals surface area contributed by atoms with Crippen molar-refractivity contribution in [2.75, 3.05) is 12.4 Å². The number of carbonyl (C=O) groups is 1. The predicted molar refractivity (Wildman–Crippen MR) is 128 cm³/mol. The van der Waals surface area contributed by atoms with Crippen LogP contribution in [0.4, 0.5) is 5.69 Å². The van der Waals surface area contributed by atoms with E-state index in [1.807, 2.05) is 13.0 Å². The van der Waals surface area contributed by atoms with Gasteiger partial charge in [-0.2, -0.15) is 13.7 Å². The van der Waals surface area contributed by atoms with Gasteiger partial charge < -0.3 is 14.2 Å². The molecule has 0 radical (unpaired) electrons. The van der Waals surface area contributed by atoms with Crippen LogP contribution in [0.3, 0.4) is 0 Å². The number of amides is 1. The van der Waals surface area contributed by atoms with E-state index in [1.54, 1.807) is 42.5 Å². The van der Waals surface area contributed by atoms with Crippen LogP contribution in [-0.2, 0) is 14.9 Å². The van der Waals surface area contributed by atoms with Gasteiger partial charge in [-0.05, 0) is 55.5 Å². The Bertz CT molecular complexity index is 1340. The van der Waals surface area contributed by atoms with Gasteiger partial charge in [-0.3, -0.25) is 4.79 Å². The van der Waals surface area contributed by atoms with Crippen LogP contribution in [0, 0.1) is 18.3 Å². The molecule has 1 N–H and O–H groups in total. The lowest BCUT2D eigenvalue weighted by atomic mass is 10.1. The fraction of sp³-hybridized carbons (Fsp3) is 0.0833. The number of nitrogens with one attached hydrogen (secondary N) is 1. The summed E-state index contributed by atoms with van der Waals surface area (Å²) in [7, 11) is -2.84. The molecule has 7 nitrogen and oxygen atoms in total. The zero-order chi connectivity index (χ0) is 24.0. The number of aryl methyl sites for hydroxylation is 1. The molecule has 0 unspecified atom stereocenters. The Morgan fingerprint density at radius 2 is 1.73 bits per heavy atom. The van der Waals surface area contributed by atoms with Crippen molar-refractivity contribution in [3.05, 3.63) is 87.9 Å². The molecule has 0 saturated heterocycles. The fourth-order valence-corrected chi connectivity index (χ4v) is 4.02. The lowest BCUT2D eigenvalue weighted by Gasteiger charge is -2.14. The van der Waals surface area contributed by atoms with E-state index < -0.39 is 16.0 Å². The third kappa shape index (κ3) is 6.00. The van der Waals surface area contributed by atoms with E-state index in [0.29, 0.717) is 5.69 Å². The number of rotatable bonds is 7. The Morgan fingerprint density at radius 3 is 2.33 bits per heavy atom. The van der Waals surface area contributed by atoms with Crippen LogP contribution < -0.4 is 14.2 Å². The van der Waals surface area contributed by atoms with E-state index in [4.69, 9.17) is 8.92 Å². The van der Waals surface area contributed by atoms with Crippen molar-refractivity contribution in [3.63, 3.8) is 0 Å². The van der Waals surface area contributed by atoms with E-state index in [1.165, 1.54) is 37.5 Å². The average Bonchev–Trinajstić information content (AvgIpc) is 2.79. The molecule has 0 atom stereocenters. The van der Waals surface area contributed by atoms with Crippen LogP contribution in [-0.4, -0.2) is 21.4 Å². The number of nitriles is 1. The molecule has 1 amide bonds. The van der Waals surface area contributed by atoms with E-state index in [-0.39, 0.29) is 27.5 Å².